The average molecular weight is 131 g/mol. The molecule has 0 atom stereocenters. The third kappa shape index (κ3) is 0.798. The Morgan fingerprint density at radius 1 is 1.50 bits per heavy atom. The third-order valence-corrected chi connectivity index (χ3v) is 1.59. The molecule has 0 aromatic heterocycles. The quantitative estimate of drug-likeness (QED) is 0.484. The van der Waals surface area contributed by atoms with Crippen molar-refractivity contribution in [2.24, 2.45) is 0 Å². The van der Waals surface area contributed by atoms with Gasteiger partial charge in [0.05, 0.1) is 0 Å². The Morgan fingerprint density at radius 2 is 2.50 bits per heavy atom. The lowest BCUT2D eigenvalue weighted by Crippen LogP contribution is -2.18. The van der Waals surface area contributed by atoms with Gasteiger partial charge in [0.25, 0.3) is 0 Å². The normalized spacial score (nSPS) is 20.8. The van der Waals surface area contributed by atoms with E-state index in [1.807, 2.05) is 18.2 Å². The van der Waals surface area contributed by atoms with Gasteiger partial charge in [0, 0.05) is 24.5 Å². The van der Waals surface area contributed by atoms with Gasteiger partial charge in [0.15, 0.2) is 0 Å². The molecule has 0 saturated carbocycles. The van der Waals surface area contributed by atoms with E-state index >= 15 is 0 Å². The summed E-state index contributed by atoms with van der Waals surface area (Å²) in [6.45, 7) is 0.975. The highest BCUT2D eigenvalue weighted by Gasteiger charge is 2.05. The van der Waals surface area contributed by atoms with Crippen molar-refractivity contribution >= 4 is 0 Å². The number of nitrogens with zero attached hydrogens (tertiary/aromatic N) is 1. The van der Waals surface area contributed by atoms with Gasteiger partial charge >= 0.3 is 1.43 Å². The molecule has 0 saturated heterocycles. The molecule has 0 spiro atoms. The van der Waals surface area contributed by atoms with E-state index in [-0.39, 0.29) is 1.43 Å². The monoisotopic (exact) mass is 131 g/mol. The van der Waals surface area contributed by atoms with Crippen LogP contribution in [0.4, 0.5) is 0 Å². The summed E-state index contributed by atoms with van der Waals surface area (Å²) in [4.78, 5) is 2.15. The second-order valence-electron chi connectivity index (χ2n) is 2.28. The second-order valence-corrected chi connectivity index (χ2v) is 2.28. The molecule has 0 amide bonds. The van der Waals surface area contributed by atoms with E-state index < -0.39 is 0 Å². The van der Waals surface area contributed by atoms with Crippen molar-refractivity contribution < 1.29 is 1.43 Å². The van der Waals surface area contributed by atoms with Gasteiger partial charge in [-0.1, -0.05) is 18.2 Å². The summed E-state index contributed by atoms with van der Waals surface area (Å²) in [5.41, 5.74) is 1.16. The van der Waals surface area contributed by atoms with E-state index in [1.54, 1.807) is 0 Å². The Bertz CT molecular complexity index is 248. The largest absolute Gasteiger partial charge is 1.00 e. The Labute approximate surface area is 62.1 Å². The minimum Gasteiger partial charge on any atom is -0.344 e. The van der Waals surface area contributed by atoms with E-state index in [1.165, 1.54) is 0 Å². The fraction of sp³-hybridized carbons (Fsp3) is 0.111. The molecule has 0 fully saturated rings. The highest BCUT2D eigenvalue weighted by atomic mass is 15.1. The minimum absolute atomic E-state index is 0. The SMILES string of the molecule is [C]1=C2C=CC=CN2CC=C1.[H+]. The molecule has 1 nitrogen and oxygen atoms in total. The molecule has 2 heterocycles. The van der Waals surface area contributed by atoms with Crippen molar-refractivity contribution in [2.45, 2.75) is 0 Å². The standard InChI is InChI=1S/C9H8N/c1-3-7-10-8-4-2-6-9(10)5-1/h1-5,7H,8H2/p+1. The molecule has 0 N–H and O–H groups in total. The summed E-state index contributed by atoms with van der Waals surface area (Å²) in [5.74, 6) is 0. The van der Waals surface area contributed by atoms with Gasteiger partial charge in [-0.05, 0) is 12.2 Å². The molecule has 10 heavy (non-hydrogen) atoms. The molecule has 0 bridgehead atoms. The van der Waals surface area contributed by atoms with Gasteiger partial charge in [-0.25, -0.2) is 0 Å². The number of fused-ring (bicyclic) bond motifs is 1. The average Bonchev–Trinajstić information content (AvgIpc) is 2.05. The molecule has 0 aliphatic carbocycles. The van der Waals surface area contributed by atoms with Crippen LogP contribution in [0.2, 0.25) is 0 Å². The van der Waals surface area contributed by atoms with Crippen molar-refractivity contribution in [1.29, 1.82) is 0 Å². The second kappa shape index (κ2) is 2.18. The van der Waals surface area contributed by atoms with Gasteiger partial charge in [0.2, 0.25) is 0 Å². The molecular weight excluding hydrogens is 122 g/mol. The van der Waals surface area contributed by atoms with Crippen LogP contribution in [0.25, 0.3) is 0 Å². The first-order chi connectivity index (χ1) is 4.97. The van der Waals surface area contributed by atoms with Gasteiger partial charge in [-0.3, -0.25) is 0 Å². The number of allylic oxidation sites excluding steroid dienone is 5. The predicted octanol–water partition coefficient (Wildman–Crippen LogP) is 1.74. The van der Waals surface area contributed by atoms with Crippen molar-refractivity contribution in [3.63, 3.8) is 0 Å². The highest BCUT2D eigenvalue weighted by Crippen LogP contribution is 2.14. The molecule has 2 rings (SSSR count). The summed E-state index contributed by atoms with van der Waals surface area (Å²) in [7, 11) is 0. The lowest BCUT2D eigenvalue weighted by Gasteiger charge is -2.23. The first-order valence-corrected chi connectivity index (χ1v) is 3.37. The third-order valence-electron chi connectivity index (χ3n) is 1.59. The maximum Gasteiger partial charge on any atom is 1.00 e. The zero-order valence-corrected chi connectivity index (χ0v) is 5.62. The molecular formula is C9H9N+. The molecule has 0 aromatic carbocycles. The van der Waals surface area contributed by atoms with E-state index in [0.29, 0.717) is 0 Å². The maximum absolute atomic E-state index is 3.14. The van der Waals surface area contributed by atoms with E-state index in [9.17, 15) is 0 Å². The number of rotatable bonds is 0. The number of hydrogen-bond donors (Lipinski definition) is 0. The molecule has 1 radical (unpaired) electrons. The zero-order chi connectivity index (χ0) is 6.81. The molecule has 2 aliphatic rings. The van der Waals surface area contributed by atoms with Crippen molar-refractivity contribution in [3.05, 3.63) is 48.4 Å². The molecule has 0 aromatic rings. The molecule has 0 unspecified atom stereocenters. The van der Waals surface area contributed by atoms with Crippen LogP contribution in [0, 0.1) is 6.08 Å². The molecule has 2 aliphatic heterocycles. The van der Waals surface area contributed by atoms with Gasteiger partial charge in [-0.15, -0.1) is 0 Å². The van der Waals surface area contributed by atoms with Crippen LogP contribution in [0.5, 0.6) is 0 Å². The Morgan fingerprint density at radius 3 is 3.40 bits per heavy atom. The van der Waals surface area contributed by atoms with Crippen LogP contribution in [0.15, 0.2) is 42.3 Å². The van der Waals surface area contributed by atoms with Crippen molar-refractivity contribution in [1.82, 2.24) is 4.90 Å². The lowest BCUT2D eigenvalue weighted by atomic mass is 10.2. The molecule has 1 heteroatoms. The van der Waals surface area contributed by atoms with Crippen LogP contribution in [-0.4, -0.2) is 11.4 Å². The van der Waals surface area contributed by atoms with Crippen molar-refractivity contribution in [2.75, 3.05) is 6.54 Å². The van der Waals surface area contributed by atoms with Gasteiger partial charge in [-0.2, -0.15) is 0 Å². The Kier molecular flexibility index (Phi) is 1.21. The first kappa shape index (κ1) is 5.54. The van der Waals surface area contributed by atoms with Crippen LogP contribution >= 0.6 is 0 Å². The minimum atomic E-state index is 0. The fourth-order valence-corrected chi connectivity index (χ4v) is 1.08. The van der Waals surface area contributed by atoms with Gasteiger partial charge < -0.3 is 4.90 Å². The van der Waals surface area contributed by atoms with Crippen LogP contribution < -0.4 is 0 Å². The summed E-state index contributed by atoms with van der Waals surface area (Å²) < 4.78 is 0. The molecule has 49 valence electrons. The predicted molar refractivity (Wildman–Crippen MR) is 42.0 cm³/mol. The highest BCUT2D eigenvalue weighted by molar-refractivity contribution is 5.30. The van der Waals surface area contributed by atoms with Crippen LogP contribution in [-0.2, 0) is 0 Å². The summed E-state index contributed by atoms with van der Waals surface area (Å²) in [6.07, 6.45) is 15.4. The van der Waals surface area contributed by atoms with E-state index in [2.05, 4.69) is 29.3 Å². The van der Waals surface area contributed by atoms with Crippen LogP contribution in [0.3, 0.4) is 0 Å². The van der Waals surface area contributed by atoms with Crippen LogP contribution in [0.1, 0.15) is 1.43 Å². The zero-order valence-electron chi connectivity index (χ0n) is 6.62. The first-order valence-electron chi connectivity index (χ1n) is 3.37. The summed E-state index contributed by atoms with van der Waals surface area (Å²) in [6, 6.07) is 0. The topological polar surface area (TPSA) is 3.24 Å². The number of hydrogen-bond acceptors (Lipinski definition) is 1. The fourth-order valence-electron chi connectivity index (χ4n) is 1.08. The van der Waals surface area contributed by atoms with Crippen molar-refractivity contribution in [3.8, 4) is 0 Å². The summed E-state index contributed by atoms with van der Waals surface area (Å²) >= 11 is 0. The van der Waals surface area contributed by atoms with E-state index in [4.69, 9.17) is 0 Å². The van der Waals surface area contributed by atoms with E-state index in [0.717, 1.165) is 12.2 Å². The maximum atomic E-state index is 3.14. The lowest BCUT2D eigenvalue weighted by molar-refractivity contribution is 0.520. The smallest absolute Gasteiger partial charge is 0.344 e. The van der Waals surface area contributed by atoms with Gasteiger partial charge in [0.1, 0.15) is 0 Å². The Balaban J connectivity index is 0.000000605. The Hall–Kier alpha value is -1.24. The summed E-state index contributed by atoms with van der Waals surface area (Å²) in [5, 5.41) is 0.